The number of aromatic nitrogens is 2. The van der Waals surface area contributed by atoms with Gasteiger partial charge in [-0.3, -0.25) is 9.36 Å². The lowest BCUT2D eigenvalue weighted by Gasteiger charge is -2.10. The molecule has 3 heterocycles. The van der Waals surface area contributed by atoms with Crippen LogP contribution in [-0.4, -0.2) is 9.55 Å². The van der Waals surface area contributed by atoms with Crippen molar-refractivity contribution in [3.63, 3.8) is 0 Å². The normalized spacial score (nSPS) is 13.6. The summed E-state index contributed by atoms with van der Waals surface area (Å²) in [6, 6.07) is 5.60. The lowest BCUT2D eigenvalue weighted by atomic mass is 10.0. The Kier molecular flexibility index (Phi) is 3.59. The highest BCUT2D eigenvalue weighted by atomic mass is 32.1. The van der Waals surface area contributed by atoms with E-state index in [-0.39, 0.29) is 11.2 Å². The summed E-state index contributed by atoms with van der Waals surface area (Å²) >= 11 is 1.54. The molecular formula is C21H18N2O3S. The number of thiophene rings is 1. The number of aryl methyl sites for hydroxylation is 4. The van der Waals surface area contributed by atoms with Crippen LogP contribution in [0.5, 0.6) is 0 Å². The van der Waals surface area contributed by atoms with Gasteiger partial charge in [0, 0.05) is 16.3 Å². The summed E-state index contributed by atoms with van der Waals surface area (Å²) in [6.07, 6.45) is 4.77. The Balaban J connectivity index is 1.70. The maximum atomic E-state index is 13.0. The number of fused-ring (bicyclic) bond motifs is 3. The van der Waals surface area contributed by atoms with Crippen LogP contribution >= 0.6 is 11.3 Å². The van der Waals surface area contributed by atoms with Gasteiger partial charge in [0.15, 0.2) is 0 Å². The molecule has 0 radical (unpaired) electrons. The van der Waals surface area contributed by atoms with Gasteiger partial charge in [0.2, 0.25) is 0 Å². The van der Waals surface area contributed by atoms with Crippen LogP contribution in [0.4, 0.5) is 0 Å². The number of hydrogen-bond donors (Lipinski definition) is 0. The molecule has 136 valence electrons. The van der Waals surface area contributed by atoms with Gasteiger partial charge < -0.3 is 4.42 Å². The zero-order valence-electron chi connectivity index (χ0n) is 15.2. The molecule has 0 fully saturated rings. The highest BCUT2D eigenvalue weighted by molar-refractivity contribution is 7.18. The quantitative estimate of drug-likeness (QED) is 0.499. The van der Waals surface area contributed by atoms with Crippen molar-refractivity contribution in [2.45, 2.75) is 39.7 Å². The molecule has 5 nitrogen and oxygen atoms in total. The molecule has 6 heteroatoms. The monoisotopic (exact) mass is 378 g/mol. The van der Waals surface area contributed by atoms with Gasteiger partial charge in [-0.2, -0.15) is 0 Å². The second-order valence-electron chi connectivity index (χ2n) is 7.20. The van der Waals surface area contributed by atoms with Crippen LogP contribution in [0, 0.1) is 13.8 Å². The third kappa shape index (κ3) is 2.55. The average molecular weight is 378 g/mol. The zero-order chi connectivity index (χ0) is 18.7. The zero-order valence-corrected chi connectivity index (χ0v) is 16.0. The minimum absolute atomic E-state index is 0.0654. The van der Waals surface area contributed by atoms with E-state index in [9.17, 15) is 9.59 Å². The van der Waals surface area contributed by atoms with Crippen molar-refractivity contribution in [3.8, 4) is 0 Å². The maximum absolute atomic E-state index is 13.0. The molecule has 0 aliphatic heterocycles. The second-order valence-corrected chi connectivity index (χ2v) is 8.41. The fourth-order valence-corrected chi connectivity index (χ4v) is 4.98. The van der Waals surface area contributed by atoms with Crippen molar-refractivity contribution >= 4 is 32.5 Å². The van der Waals surface area contributed by atoms with Crippen LogP contribution in [0.2, 0.25) is 0 Å². The molecule has 1 aromatic carbocycles. The van der Waals surface area contributed by atoms with E-state index < -0.39 is 0 Å². The van der Waals surface area contributed by atoms with E-state index in [0.717, 1.165) is 45.5 Å². The van der Waals surface area contributed by atoms with Crippen LogP contribution in [0.25, 0.3) is 21.2 Å². The first kappa shape index (κ1) is 16.4. The van der Waals surface area contributed by atoms with Crippen LogP contribution in [-0.2, 0) is 19.4 Å². The van der Waals surface area contributed by atoms with Gasteiger partial charge in [-0.05, 0) is 67.5 Å². The summed E-state index contributed by atoms with van der Waals surface area (Å²) in [7, 11) is 0. The van der Waals surface area contributed by atoms with Crippen molar-refractivity contribution < 1.29 is 4.42 Å². The third-order valence-corrected chi connectivity index (χ3v) is 6.65. The Hall–Kier alpha value is -2.73. The van der Waals surface area contributed by atoms with Crippen molar-refractivity contribution in [2.75, 3.05) is 0 Å². The van der Waals surface area contributed by atoms with Crippen molar-refractivity contribution in [2.24, 2.45) is 0 Å². The van der Waals surface area contributed by atoms with E-state index in [1.54, 1.807) is 10.9 Å². The molecule has 0 atom stereocenters. The molecule has 0 saturated carbocycles. The third-order valence-electron chi connectivity index (χ3n) is 5.54. The Labute approximate surface area is 158 Å². The van der Waals surface area contributed by atoms with Gasteiger partial charge in [-0.1, -0.05) is 0 Å². The fraction of sp³-hybridized carbons (Fsp3) is 0.286. The highest BCUT2D eigenvalue weighted by Crippen LogP contribution is 2.29. The summed E-state index contributed by atoms with van der Waals surface area (Å²) < 4.78 is 7.02. The Morgan fingerprint density at radius 1 is 1.15 bits per heavy atom. The predicted octanol–water partition coefficient (Wildman–Crippen LogP) is 3.72. The SMILES string of the molecule is Cc1sc2ncn(Cc3cc(=O)oc4cc5c(cc34)CCC5)c(=O)c2c1C. The second kappa shape index (κ2) is 5.89. The minimum atomic E-state index is -0.389. The predicted molar refractivity (Wildman–Crippen MR) is 107 cm³/mol. The van der Waals surface area contributed by atoms with Gasteiger partial charge in [0.05, 0.1) is 18.3 Å². The summed E-state index contributed by atoms with van der Waals surface area (Å²) in [5, 5.41) is 1.58. The van der Waals surface area contributed by atoms with Gasteiger partial charge in [-0.25, -0.2) is 9.78 Å². The Bertz CT molecular complexity index is 1340. The summed E-state index contributed by atoms with van der Waals surface area (Å²) in [5.74, 6) is 0. The topological polar surface area (TPSA) is 65.1 Å². The molecule has 1 aliphatic rings. The molecule has 5 rings (SSSR count). The van der Waals surface area contributed by atoms with Gasteiger partial charge in [-0.15, -0.1) is 11.3 Å². The van der Waals surface area contributed by atoms with E-state index in [0.29, 0.717) is 17.5 Å². The number of benzene rings is 1. The summed E-state index contributed by atoms with van der Waals surface area (Å²) in [4.78, 5) is 31.4. The van der Waals surface area contributed by atoms with Gasteiger partial charge in [0.25, 0.3) is 5.56 Å². The van der Waals surface area contributed by atoms with Crippen LogP contribution in [0.3, 0.4) is 0 Å². The molecular weight excluding hydrogens is 360 g/mol. The molecule has 0 unspecified atom stereocenters. The van der Waals surface area contributed by atoms with Crippen LogP contribution in [0.15, 0.2) is 38.5 Å². The van der Waals surface area contributed by atoms with E-state index >= 15 is 0 Å². The molecule has 0 N–H and O–H groups in total. The average Bonchev–Trinajstić information content (AvgIpc) is 3.20. The summed E-state index contributed by atoms with van der Waals surface area (Å²) in [5.41, 5.74) is 4.49. The van der Waals surface area contributed by atoms with Crippen molar-refractivity contribution in [3.05, 3.63) is 72.4 Å². The molecule has 0 amide bonds. The Morgan fingerprint density at radius 2 is 1.93 bits per heavy atom. The molecule has 0 saturated heterocycles. The smallest absolute Gasteiger partial charge is 0.336 e. The standard InChI is InChI=1S/C21H18N2O3S/c1-11-12(2)27-20-19(11)21(25)23(10-22-20)9-15-8-18(24)26-17-7-14-5-3-4-13(14)6-16(15)17/h6-8,10H,3-5,9H2,1-2H3. The number of hydrogen-bond acceptors (Lipinski definition) is 5. The lowest BCUT2D eigenvalue weighted by Crippen LogP contribution is -2.21. The van der Waals surface area contributed by atoms with E-state index in [4.69, 9.17) is 4.42 Å². The molecule has 0 bridgehead atoms. The molecule has 3 aromatic heterocycles. The number of nitrogens with zero attached hydrogens (tertiary/aromatic N) is 2. The fourth-order valence-electron chi connectivity index (χ4n) is 3.99. The molecule has 0 spiro atoms. The van der Waals surface area contributed by atoms with E-state index in [1.807, 2.05) is 19.9 Å². The first-order chi connectivity index (χ1) is 13.0. The van der Waals surface area contributed by atoms with Gasteiger partial charge >= 0.3 is 5.63 Å². The van der Waals surface area contributed by atoms with Crippen LogP contribution in [0.1, 0.15) is 33.6 Å². The molecule has 27 heavy (non-hydrogen) atoms. The largest absolute Gasteiger partial charge is 0.423 e. The van der Waals surface area contributed by atoms with E-state index in [1.165, 1.54) is 28.5 Å². The minimum Gasteiger partial charge on any atom is -0.423 e. The lowest BCUT2D eigenvalue weighted by molar-refractivity contribution is 0.557. The first-order valence-corrected chi connectivity index (χ1v) is 9.86. The van der Waals surface area contributed by atoms with Crippen molar-refractivity contribution in [1.29, 1.82) is 0 Å². The van der Waals surface area contributed by atoms with Crippen molar-refractivity contribution in [1.82, 2.24) is 9.55 Å². The molecule has 1 aliphatic carbocycles. The van der Waals surface area contributed by atoms with Crippen LogP contribution < -0.4 is 11.2 Å². The van der Waals surface area contributed by atoms with E-state index in [2.05, 4.69) is 11.1 Å². The first-order valence-electron chi connectivity index (χ1n) is 9.05. The van der Waals surface area contributed by atoms with Gasteiger partial charge in [0.1, 0.15) is 10.4 Å². The Morgan fingerprint density at radius 3 is 2.74 bits per heavy atom. The number of rotatable bonds is 2. The highest BCUT2D eigenvalue weighted by Gasteiger charge is 2.17. The summed E-state index contributed by atoms with van der Waals surface area (Å²) in [6.45, 7) is 4.26. The molecule has 4 aromatic rings. The maximum Gasteiger partial charge on any atom is 0.336 e.